The van der Waals surface area contributed by atoms with Crippen LogP contribution in [0.25, 0.3) is 6.08 Å². The number of thioether (sulfide) groups is 1. The number of rotatable bonds is 6. The molecule has 0 unspecified atom stereocenters. The summed E-state index contributed by atoms with van der Waals surface area (Å²) >= 11 is 12.7. The van der Waals surface area contributed by atoms with Gasteiger partial charge in [0.05, 0.1) is 26.8 Å². The van der Waals surface area contributed by atoms with Gasteiger partial charge in [-0.3, -0.25) is 33.8 Å². The van der Waals surface area contributed by atoms with Gasteiger partial charge >= 0.3 is 0 Å². The van der Waals surface area contributed by atoms with Gasteiger partial charge in [0.15, 0.2) is 0 Å². The third-order valence-corrected chi connectivity index (χ3v) is 7.32. The monoisotopic (exact) mass is 507 g/mol. The Balaban J connectivity index is 1.30. The molecule has 4 rings (SSSR count). The molecule has 0 spiro atoms. The predicted octanol–water partition coefficient (Wildman–Crippen LogP) is 3.10. The second kappa shape index (κ2) is 9.70. The van der Waals surface area contributed by atoms with Crippen LogP contribution in [0.15, 0.2) is 35.3 Å². The van der Waals surface area contributed by atoms with E-state index in [1.807, 2.05) is 12.2 Å². The first-order chi connectivity index (χ1) is 15.8. The summed E-state index contributed by atoms with van der Waals surface area (Å²) in [6.45, 7) is -0.405. The van der Waals surface area contributed by atoms with Crippen LogP contribution < -0.4 is 5.32 Å². The van der Waals surface area contributed by atoms with Gasteiger partial charge in [-0.2, -0.15) is 0 Å². The molecular formula is C22H19Cl2N3O5S. The standard InChI is InChI=1S/C22H19Cl2N3O5S/c23-15-6-5-12(9-16(15)24)10-17-21(31)26(22(32)33-17)8-7-25-18(28)11-27-19(29)13-3-1-2-4-14(13)20(27)30/h1-2,5-6,9-10,13-14H,3-4,7-8,11H2,(H,25,28)/b17-10+/t13-,14-/m1/s1. The smallest absolute Gasteiger partial charge is 0.293 e. The molecule has 5 amide bonds. The summed E-state index contributed by atoms with van der Waals surface area (Å²) in [5, 5.41) is 2.83. The zero-order valence-corrected chi connectivity index (χ0v) is 19.6. The Morgan fingerprint density at radius 1 is 1.03 bits per heavy atom. The number of fused-ring (bicyclic) bond motifs is 1. The number of imide groups is 2. The summed E-state index contributed by atoms with van der Waals surface area (Å²) in [5.41, 5.74) is 0.624. The summed E-state index contributed by atoms with van der Waals surface area (Å²) in [6, 6.07) is 4.86. The molecule has 1 N–H and O–H groups in total. The predicted molar refractivity (Wildman–Crippen MR) is 124 cm³/mol. The number of carbonyl (C=O) groups is 5. The first kappa shape index (κ1) is 23.5. The van der Waals surface area contributed by atoms with Crippen LogP contribution in [0.4, 0.5) is 4.79 Å². The van der Waals surface area contributed by atoms with E-state index >= 15 is 0 Å². The Bertz CT molecular complexity index is 1090. The largest absolute Gasteiger partial charge is 0.353 e. The summed E-state index contributed by atoms with van der Waals surface area (Å²) in [5.74, 6) is -2.46. The van der Waals surface area contributed by atoms with Crippen molar-refractivity contribution in [2.45, 2.75) is 12.8 Å². The molecule has 0 bridgehead atoms. The number of benzene rings is 1. The van der Waals surface area contributed by atoms with Gasteiger partial charge in [-0.25, -0.2) is 0 Å². The van der Waals surface area contributed by atoms with Crippen molar-refractivity contribution in [3.63, 3.8) is 0 Å². The van der Waals surface area contributed by atoms with Crippen LogP contribution in [-0.2, 0) is 19.2 Å². The van der Waals surface area contributed by atoms with Crippen LogP contribution in [0, 0.1) is 11.8 Å². The molecule has 0 aromatic heterocycles. The fourth-order valence-corrected chi connectivity index (χ4v) is 5.15. The molecule has 2 saturated heterocycles. The number of hydrogen-bond donors (Lipinski definition) is 1. The van der Waals surface area contributed by atoms with Crippen molar-refractivity contribution in [2.24, 2.45) is 11.8 Å². The molecule has 33 heavy (non-hydrogen) atoms. The van der Waals surface area contributed by atoms with Gasteiger partial charge in [-0.15, -0.1) is 0 Å². The lowest BCUT2D eigenvalue weighted by Gasteiger charge is -2.16. The number of halogens is 2. The molecule has 2 fully saturated rings. The van der Waals surface area contributed by atoms with E-state index in [1.165, 1.54) is 0 Å². The van der Waals surface area contributed by atoms with Crippen LogP contribution in [0.5, 0.6) is 0 Å². The van der Waals surface area contributed by atoms with Crippen molar-refractivity contribution in [1.82, 2.24) is 15.1 Å². The van der Waals surface area contributed by atoms with Crippen LogP contribution in [0.3, 0.4) is 0 Å². The average Bonchev–Trinajstić information content (AvgIpc) is 3.19. The zero-order valence-electron chi connectivity index (χ0n) is 17.3. The highest BCUT2D eigenvalue weighted by molar-refractivity contribution is 8.18. The Kier molecular flexibility index (Phi) is 6.92. The number of amides is 5. The fourth-order valence-electron chi connectivity index (χ4n) is 3.98. The number of hydrogen-bond acceptors (Lipinski definition) is 6. The molecular weight excluding hydrogens is 489 g/mol. The SMILES string of the molecule is O=C(CN1C(=O)[C@@H]2CC=CC[C@H]2C1=O)NCCN1C(=O)S/C(=C/c2ccc(Cl)c(Cl)c2)C1=O. The molecule has 2 atom stereocenters. The van der Waals surface area contributed by atoms with Crippen LogP contribution >= 0.6 is 35.0 Å². The molecule has 2 aliphatic heterocycles. The van der Waals surface area contributed by atoms with Crippen molar-refractivity contribution in [2.75, 3.05) is 19.6 Å². The highest BCUT2D eigenvalue weighted by Gasteiger charge is 2.47. The summed E-state index contributed by atoms with van der Waals surface area (Å²) in [4.78, 5) is 64.3. The maximum atomic E-state index is 12.6. The maximum absolute atomic E-state index is 12.6. The number of likely N-dealkylation sites (tertiary alicyclic amines) is 1. The van der Waals surface area contributed by atoms with Gasteiger partial charge in [0.2, 0.25) is 17.7 Å². The van der Waals surface area contributed by atoms with E-state index in [1.54, 1.807) is 24.3 Å². The Labute approximate surface area is 203 Å². The van der Waals surface area contributed by atoms with Crippen molar-refractivity contribution in [3.05, 3.63) is 50.9 Å². The fraction of sp³-hybridized carbons (Fsp3) is 0.318. The second-order valence-corrected chi connectivity index (χ2v) is 9.58. The van der Waals surface area contributed by atoms with Crippen LogP contribution in [-0.4, -0.2) is 58.3 Å². The number of nitrogens with zero attached hydrogens (tertiary/aromatic N) is 2. The molecule has 1 aromatic carbocycles. The molecule has 8 nitrogen and oxygen atoms in total. The van der Waals surface area contributed by atoms with E-state index in [0.717, 1.165) is 21.6 Å². The lowest BCUT2D eigenvalue weighted by Crippen LogP contribution is -2.43. The zero-order chi connectivity index (χ0) is 23.7. The van der Waals surface area contributed by atoms with Gasteiger partial charge in [-0.05, 0) is 48.4 Å². The highest BCUT2D eigenvalue weighted by Crippen LogP contribution is 2.35. The van der Waals surface area contributed by atoms with Gasteiger partial charge < -0.3 is 5.32 Å². The maximum Gasteiger partial charge on any atom is 0.293 e. The van der Waals surface area contributed by atoms with Crippen molar-refractivity contribution >= 4 is 69.9 Å². The molecule has 11 heteroatoms. The van der Waals surface area contributed by atoms with E-state index in [-0.39, 0.29) is 36.4 Å². The van der Waals surface area contributed by atoms with Crippen LogP contribution in [0.2, 0.25) is 10.0 Å². The molecule has 0 saturated carbocycles. The van der Waals surface area contributed by atoms with E-state index in [0.29, 0.717) is 28.5 Å². The highest BCUT2D eigenvalue weighted by atomic mass is 35.5. The molecule has 0 radical (unpaired) electrons. The second-order valence-electron chi connectivity index (χ2n) is 7.78. The number of carbonyl (C=O) groups excluding carboxylic acids is 5. The number of nitrogens with one attached hydrogen (secondary N) is 1. The molecule has 1 aromatic rings. The summed E-state index contributed by atoms with van der Waals surface area (Å²) in [7, 11) is 0. The summed E-state index contributed by atoms with van der Waals surface area (Å²) in [6.07, 6.45) is 6.31. The lowest BCUT2D eigenvalue weighted by molar-refractivity contribution is -0.143. The van der Waals surface area contributed by atoms with Gasteiger partial charge in [0.1, 0.15) is 6.54 Å². The Morgan fingerprint density at radius 3 is 2.33 bits per heavy atom. The quantitative estimate of drug-likeness (QED) is 0.360. The lowest BCUT2D eigenvalue weighted by atomic mass is 9.85. The van der Waals surface area contributed by atoms with Gasteiger partial charge in [0, 0.05) is 13.1 Å². The van der Waals surface area contributed by atoms with Crippen molar-refractivity contribution in [3.8, 4) is 0 Å². The van der Waals surface area contributed by atoms with E-state index < -0.39 is 28.9 Å². The molecule has 1 aliphatic carbocycles. The topological polar surface area (TPSA) is 104 Å². The van der Waals surface area contributed by atoms with Gasteiger partial charge in [-0.1, -0.05) is 41.4 Å². The number of allylic oxidation sites excluding steroid dienone is 2. The third kappa shape index (κ3) is 4.85. The third-order valence-electron chi connectivity index (χ3n) is 5.67. The van der Waals surface area contributed by atoms with E-state index in [9.17, 15) is 24.0 Å². The normalized spacial score (nSPS) is 23.6. The van der Waals surface area contributed by atoms with E-state index in [2.05, 4.69) is 5.32 Å². The van der Waals surface area contributed by atoms with Crippen LogP contribution in [0.1, 0.15) is 18.4 Å². The Hall–Kier alpha value is -2.62. The van der Waals surface area contributed by atoms with Gasteiger partial charge in [0.25, 0.3) is 11.1 Å². The average molecular weight is 508 g/mol. The first-order valence-corrected chi connectivity index (χ1v) is 11.8. The van der Waals surface area contributed by atoms with Crippen molar-refractivity contribution < 1.29 is 24.0 Å². The molecule has 172 valence electrons. The minimum atomic E-state index is -0.526. The Morgan fingerprint density at radius 2 is 1.70 bits per heavy atom. The minimum absolute atomic E-state index is 0.00155. The molecule has 2 heterocycles. The van der Waals surface area contributed by atoms with Crippen molar-refractivity contribution in [1.29, 1.82) is 0 Å². The summed E-state index contributed by atoms with van der Waals surface area (Å²) < 4.78 is 0. The van der Waals surface area contributed by atoms with E-state index in [4.69, 9.17) is 23.2 Å². The molecule has 3 aliphatic rings. The first-order valence-electron chi connectivity index (χ1n) is 10.2. The minimum Gasteiger partial charge on any atom is -0.353 e.